The van der Waals surface area contributed by atoms with Crippen molar-refractivity contribution in [1.82, 2.24) is 9.55 Å². The van der Waals surface area contributed by atoms with E-state index in [4.69, 9.17) is 16.7 Å². The van der Waals surface area contributed by atoms with Crippen LogP contribution in [0.15, 0.2) is 29.2 Å². The molecule has 0 aliphatic heterocycles. The number of aliphatic hydroxyl groups is 1. The van der Waals surface area contributed by atoms with E-state index in [0.717, 1.165) is 0 Å². The summed E-state index contributed by atoms with van der Waals surface area (Å²) in [7, 11) is 0. The van der Waals surface area contributed by atoms with Gasteiger partial charge in [0.05, 0.1) is 12.0 Å². The van der Waals surface area contributed by atoms with E-state index >= 15 is 0 Å². The lowest BCUT2D eigenvalue weighted by atomic mass is 10.3. The molecule has 0 spiro atoms. The Labute approximate surface area is 90.8 Å². The van der Waals surface area contributed by atoms with E-state index in [2.05, 4.69) is 4.98 Å². The Hall–Kier alpha value is -1.39. The number of hydrogen-bond acceptors (Lipinski definition) is 3. The van der Waals surface area contributed by atoms with E-state index in [1.165, 1.54) is 6.07 Å². The predicted molar refractivity (Wildman–Crippen MR) is 58.1 cm³/mol. The average molecular weight is 225 g/mol. The van der Waals surface area contributed by atoms with Gasteiger partial charge < -0.3 is 9.67 Å². The van der Waals surface area contributed by atoms with Crippen LogP contribution >= 0.6 is 11.6 Å². The highest BCUT2D eigenvalue weighted by Crippen LogP contribution is 2.11. The second-order valence-corrected chi connectivity index (χ2v) is 3.49. The minimum absolute atomic E-state index is 0.00777. The van der Waals surface area contributed by atoms with Gasteiger partial charge in [-0.2, -0.15) is 0 Å². The van der Waals surface area contributed by atoms with E-state index in [9.17, 15) is 4.79 Å². The average Bonchev–Trinajstić information content (AvgIpc) is 2.22. The Morgan fingerprint density at radius 3 is 2.93 bits per heavy atom. The SMILES string of the molecule is O=c1ccn(CCO)c2nc(Cl)ccc12. The molecule has 0 fully saturated rings. The minimum Gasteiger partial charge on any atom is -0.395 e. The van der Waals surface area contributed by atoms with Gasteiger partial charge in [-0.3, -0.25) is 4.79 Å². The molecule has 0 saturated heterocycles. The molecule has 0 bridgehead atoms. The smallest absolute Gasteiger partial charge is 0.191 e. The van der Waals surface area contributed by atoms with Crippen LogP contribution in [0.3, 0.4) is 0 Å². The first-order chi connectivity index (χ1) is 7.22. The summed E-state index contributed by atoms with van der Waals surface area (Å²) in [4.78, 5) is 15.6. The number of rotatable bonds is 2. The maximum Gasteiger partial charge on any atom is 0.191 e. The van der Waals surface area contributed by atoms with Gasteiger partial charge in [-0.25, -0.2) is 4.98 Å². The van der Waals surface area contributed by atoms with Crippen LogP contribution in [0.2, 0.25) is 5.15 Å². The number of pyridine rings is 2. The first-order valence-electron chi connectivity index (χ1n) is 4.49. The van der Waals surface area contributed by atoms with Gasteiger partial charge in [-0.05, 0) is 12.1 Å². The zero-order chi connectivity index (χ0) is 10.8. The van der Waals surface area contributed by atoms with Crippen LogP contribution in [0.5, 0.6) is 0 Å². The molecule has 2 aromatic rings. The summed E-state index contributed by atoms with van der Waals surface area (Å²) < 4.78 is 1.70. The maximum absolute atomic E-state index is 11.5. The highest BCUT2D eigenvalue weighted by Gasteiger charge is 2.04. The molecular formula is C10H9ClN2O2. The number of halogens is 1. The van der Waals surface area contributed by atoms with Gasteiger partial charge in [0, 0.05) is 18.8 Å². The summed E-state index contributed by atoms with van der Waals surface area (Å²) in [6.07, 6.45) is 1.60. The fourth-order valence-electron chi connectivity index (χ4n) is 1.44. The summed E-state index contributed by atoms with van der Waals surface area (Å²) in [5.74, 6) is 0. The largest absolute Gasteiger partial charge is 0.395 e. The molecule has 0 aliphatic rings. The molecule has 1 N–H and O–H groups in total. The molecule has 0 saturated carbocycles. The Morgan fingerprint density at radius 1 is 1.40 bits per heavy atom. The zero-order valence-corrected chi connectivity index (χ0v) is 8.61. The molecule has 0 unspecified atom stereocenters. The lowest BCUT2D eigenvalue weighted by Crippen LogP contribution is -2.11. The number of hydrogen-bond donors (Lipinski definition) is 1. The summed E-state index contributed by atoms with van der Waals surface area (Å²) in [6, 6.07) is 4.67. The fourth-order valence-corrected chi connectivity index (χ4v) is 1.59. The summed E-state index contributed by atoms with van der Waals surface area (Å²) in [5.41, 5.74) is 0.410. The van der Waals surface area contributed by atoms with Crippen LogP contribution in [0.4, 0.5) is 0 Å². The molecule has 0 atom stereocenters. The van der Waals surface area contributed by atoms with E-state index in [1.54, 1.807) is 22.9 Å². The van der Waals surface area contributed by atoms with E-state index < -0.39 is 0 Å². The molecule has 0 amide bonds. The third kappa shape index (κ3) is 1.86. The van der Waals surface area contributed by atoms with Crippen molar-refractivity contribution in [3.05, 3.63) is 39.8 Å². The molecule has 0 radical (unpaired) electrons. The van der Waals surface area contributed by atoms with Crippen molar-refractivity contribution in [3.8, 4) is 0 Å². The van der Waals surface area contributed by atoms with Gasteiger partial charge in [0.25, 0.3) is 0 Å². The number of aromatic nitrogens is 2. The fraction of sp³-hybridized carbons (Fsp3) is 0.200. The highest BCUT2D eigenvalue weighted by molar-refractivity contribution is 6.29. The second kappa shape index (κ2) is 4.00. The van der Waals surface area contributed by atoms with Crippen molar-refractivity contribution >= 4 is 22.6 Å². The molecule has 4 nitrogen and oxygen atoms in total. The normalized spacial score (nSPS) is 10.8. The van der Waals surface area contributed by atoms with Crippen molar-refractivity contribution < 1.29 is 5.11 Å². The van der Waals surface area contributed by atoms with Crippen LogP contribution in [0, 0.1) is 0 Å². The summed E-state index contributed by atoms with van der Waals surface area (Å²) in [6.45, 7) is 0.385. The highest BCUT2D eigenvalue weighted by atomic mass is 35.5. The van der Waals surface area contributed by atoms with E-state index in [-0.39, 0.29) is 12.0 Å². The van der Waals surface area contributed by atoms with Gasteiger partial charge in [-0.15, -0.1) is 0 Å². The van der Waals surface area contributed by atoms with Crippen molar-refractivity contribution in [2.45, 2.75) is 6.54 Å². The van der Waals surface area contributed by atoms with E-state index in [1.807, 2.05) is 0 Å². The van der Waals surface area contributed by atoms with Crippen LogP contribution in [-0.4, -0.2) is 21.3 Å². The van der Waals surface area contributed by atoms with Crippen LogP contribution in [0.1, 0.15) is 0 Å². The zero-order valence-electron chi connectivity index (χ0n) is 7.85. The standard InChI is InChI=1S/C10H9ClN2O2/c11-9-2-1-7-8(15)3-4-13(5-6-14)10(7)12-9/h1-4,14H,5-6H2. The Bertz CT molecular complexity index is 551. The monoisotopic (exact) mass is 224 g/mol. The topological polar surface area (TPSA) is 55.1 Å². The third-order valence-electron chi connectivity index (χ3n) is 2.13. The number of fused-ring (bicyclic) bond motifs is 1. The number of aliphatic hydroxyl groups excluding tert-OH is 1. The van der Waals surface area contributed by atoms with Crippen molar-refractivity contribution in [2.24, 2.45) is 0 Å². The van der Waals surface area contributed by atoms with Gasteiger partial charge in [0.2, 0.25) is 0 Å². The van der Waals surface area contributed by atoms with Gasteiger partial charge in [-0.1, -0.05) is 11.6 Å². The lowest BCUT2D eigenvalue weighted by molar-refractivity contribution is 0.277. The molecule has 15 heavy (non-hydrogen) atoms. The molecule has 0 aromatic carbocycles. The number of nitrogens with zero attached hydrogens (tertiary/aromatic N) is 2. The molecule has 2 heterocycles. The van der Waals surface area contributed by atoms with Crippen LogP contribution in [-0.2, 0) is 6.54 Å². The lowest BCUT2D eigenvalue weighted by Gasteiger charge is -2.07. The summed E-state index contributed by atoms with van der Waals surface area (Å²) >= 11 is 5.75. The van der Waals surface area contributed by atoms with Crippen molar-refractivity contribution in [1.29, 1.82) is 0 Å². The molecule has 2 aromatic heterocycles. The third-order valence-corrected chi connectivity index (χ3v) is 2.34. The molecular weight excluding hydrogens is 216 g/mol. The van der Waals surface area contributed by atoms with Gasteiger partial charge >= 0.3 is 0 Å². The maximum atomic E-state index is 11.5. The molecule has 5 heteroatoms. The quantitative estimate of drug-likeness (QED) is 0.776. The Morgan fingerprint density at radius 2 is 2.20 bits per heavy atom. The first kappa shape index (κ1) is 10.1. The second-order valence-electron chi connectivity index (χ2n) is 3.10. The van der Waals surface area contributed by atoms with Crippen molar-refractivity contribution in [2.75, 3.05) is 6.61 Å². The van der Waals surface area contributed by atoms with Gasteiger partial charge in [0.15, 0.2) is 5.43 Å². The predicted octanol–water partition coefficient (Wildman–Crippen LogP) is 1.04. The van der Waals surface area contributed by atoms with Gasteiger partial charge in [0.1, 0.15) is 10.8 Å². The van der Waals surface area contributed by atoms with E-state index in [0.29, 0.717) is 22.7 Å². The Balaban J connectivity index is 2.78. The van der Waals surface area contributed by atoms with Crippen LogP contribution < -0.4 is 5.43 Å². The molecule has 0 aliphatic carbocycles. The molecule has 2 rings (SSSR count). The minimum atomic E-state index is -0.0941. The summed E-state index contributed by atoms with van der Waals surface area (Å²) in [5, 5.41) is 9.70. The van der Waals surface area contributed by atoms with Crippen molar-refractivity contribution in [3.63, 3.8) is 0 Å². The molecule has 78 valence electrons. The first-order valence-corrected chi connectivity index (χ1v) is 4.87. The Kier molecular flexibility index (Phi) is 2.70. The van der Waals surface area contributed by atoms with Crippen LogP contribution in [0.25, 0.3) is 11.0 Å².